The maximum atomic E-state index is 12.3. The maximum Gasteiger partial charge on any atom is 0.244 e. The molecule has 1 N–H and O–H groups in total. The molecular formula is C13H17ClN2O2. The van der Waals surface area contributed by atoms with Gasteiger partial charge in [0.1, 0.15) is 5.75 Å². The number of ether oxygens (including phenoxy) is 1. The molecule has 1 unspecified atom stereocenters. The molecule has 0 aromatic heterocycles. The van der Waals surface area contributed by atoms with Gasteiger partial charge in [0.15, 0.2) is 0 Å². The van der Waals surface area contributed by atoms with E-state index < -0.39 is 0 Å². The lowest BCUT2D eigenvalue weighted by Crippen LogP contribution is -2.49. The molecule has 0 radical (unpaired) electrons. The summed E-state index contributed by atoms with van der Waals surface area (Å²) in [6, 6.07) is 5.19. The van der Waals surface area contributed by atoms with Crippen LogP contribution < -0.4 is 15.0 Å². The number of benzene rings is 1. The summed E-state index contributed by atoms with van der Waals surface area (Å²) in [5.74, 6) is 0.744. The average Bonchev–Trinajstić information content (AvgIpc) is 2.39. The highest BCUT2D eigenvalue weighted by Crippen LogP contribution is 2.33. The third-order valence-corrected chi connectivity index (χ3v) is 3.45. The summed E-state index contributed by atoms with van der Waals surface area (Å²) in [6.45, 7) is 0.702. The first kappa shape index (κ1) is 13.2. The monoisotopic (exact) mass is 268 g/mol. The lowest BCUT2D eigenvalue weighted by Gasteiger charge is -2.32. The predicted octanol–water partition coefficient (Wildman–Crippen LogP) is 2.06. The van der Waals surface area contributed by atoms with Crippen LogP contribution in [0.4, 0.5) is 5.69 Å². The number of rotatable bonds is 3. The Morgan fingerprint density at radius 3 is 2.94 bits per heavy atom. The molecule has 1 saturated heterocycles. The molecule has 5 heteroatoms. The fourth-order valence-electron chi connectivity index (χ4n) is 2.26. The summed E-state index contributed by atoms with van der Waals surface area (Å²) in [5.41, 5.74) is 0.745. The zero-order valence-corrected chi connectivity index (χ0v) is 11.3. The van der Waals surface area contributed by atoms with Crippen LogP contribution in [0.15, 0.2) is 18.2 Å². The smallest absolute Gasteiger partial charge is 0.244 e. The van der Waals surface area contributed by atoms with Gasteiger partial charge < -0.3 is 15.0 Å². The summed E-state index contributed by atoms with van der Waals surface area (Å²) in [5, 5.41) is 3.64. The number of nitrogens with zero attached hydrogens (tertiary/aromatic N) is 1. The van der Waals surface area contributed by atoms with Crippen molar-refractivity contribution in [3.63, 3.8) is 0 Å². The number of carbonyl (C=O) groups is 1. The molecule has 1 aliphatic rings. The van der Waals surface area contributed by atoms with Crippen LogP contribution in [-0.4, -0.2) is 32.7 Å². The Kier molecular flexibility index (Phi) is 4.09. The number of halogens is 1. The van der Waals surface area contributed by atoms with E-state index in [-0.39, 0.29) is 11.9 Å². The number of methoxy groups -OCH3 is 1. The van der Waals surface area contributed by atoms with Gasteiger partial charge in [0, 0.05) is 11.6 Å². The van der Waals surface area contributed by atoms with Crippen molar-refractivity contribution in [1.82, 2.24) is 5.32 Å². The Hall–Kier alpha value is -1.26. The summed E-state index contributed by atoms with van der Waals surface area (Å²) >= 11 is 6.00. The second-order valence-electron chi connectivity index (χ2n) is 4.29. The first-order valence-corrected chi connectivity index (χ1v) is 6.37. The van der Waals surface area contributed by atoms with Crippen molar-refractivity contribution in [3.05, 3.63) is 23.2 Å². The number of likely N-dealkylation sites (N-methyl/N-ethyl adjacent to an activating group) is 1. The maximum absolute atomic E-state index is 12.3. The summed E-state index contributed by atoms with van der Waals surface area (Å²) < 4.78 is 5.30. The van der Waals surface area contributed by atoms with Gasteiger partial charge in [0.05, 0.1) is 18.8 Å². The van der Waals surface area contributed by atoms with Crippen LogP contribution in [0.2, 0.25) is 5.02 Å². The highest BCUT2D eigenvalue weighted by atomic mass is 35.5. The van der Waals surface area contributed by atoms with Gasteiger partial charge in [0.25, 0.3) is 0 Å². The molecule has 1 aromatic carbocycles. The lowest BCUT2D eigenvalue weighted by molar-refractivity contribution is -0.121. The van der Waals surface area contributed by atoms with Gasteiger partial charge in [-0.05, 0) is 38.1 Å². The number of carbonyl (C=O) groups excluding carboxylic acids is 1. The van der Waals surface area contributed by atoms with E-state index >= 15 is 0 Å². The Bertz CT molecular complexity index is 451. The Labute approximate surface area is 112 Å². The van der Waals surface area contributed by atoms with Crippen molar-refractivity contribution < 1.29 is 9.53 Å². The molecule has 0 spiro atoms. The minimum absolute atomic E-state index is 0.0734. The van der Waals surface area contributed by atoms with Crippen LogP contribution >= 0.6 is 11.6 Å². The fraction of sp³-hybridized carbons (Fsp3) is 0.462. The molecule has 0 bridgehead atoms. The highest BCUT2D eigenvalue weighted by Gasteiger charge is 2.30. The molecule has 1 aliphatic heterocycles. The van der Waals surface area contributed by atoms with E-state index in [0.29, 0.717) is 17.3 Å². The topological polar surface area (TPSA) is 41.6 Å². The van der Waals surface area contributed by atoms with E-state index in [0.717, 1.165) is 18.5 Å². The molecule has 98 valence electrons. The zero-order chi connectivity index (χ0) is 13.1. The van der Waals surface area contributed by atoms with Crippen LogP contribution in [0.5, 0.6) is 5.75 Å². The first-order chi connectivity index (χ1) is 8.67. The molecule has 1 fully saturated rings. The number of hydrogen-bond donors (Lipinski definition) is 1. The predicted molar refractivity (Wildman–Crippen MR) is 72.4 cm³/mol. The SMILES string of the molecule is CNC1CCCN(c2cc(Cl)ccc2OC)C1=O. The highest BCUT2D eigenvalue weighted by molar-refractivity contribution is 6.31. The van der Waals surface area contributed by atoms with Gasteiger partial charge >= 0.3 is 0 Å². The van der Waals surface area contributed by atoms with Gasteiger partial charge in [-0.3, -0.25) is 4.79 Å². The number of piperidine rings is 1. The van der Waals surface area contributed by atoms with Crippen molar-refractivity contribution in [2.24, 2.45) is 0 Å². The van der Waals surface area contributed by atoms with E-state index in [1.807, 2.05) is 0 Å². The molecule has 1 amide bonds. The zero-order valence-electron chi connectivity index (χ0n) is 10.6. The van der Waals surface area contributed by atoms with Crippen molar-refractivity contribution >= 4 is 23.2 Å². The Morgan fingerprint density at radius 1 is 1.50 bits per heavy atom. The summed E-state index contributed by atoms with van der Waals surface area (Å²) in [6.07, 6.45) is 1.83. The van der Waals surface area contributed by atoms with Crippen LogP contribution in [-0.2, 0) is 4.79 Å². The van der Waals surface area contributed by atoms with Crippen molar-refractivity contribution in [1.29, 1.82) is 0 Å². The minimum Gasteiger partial charge on any atom is -0.495 e. The standard InChI is InChI=1S/C13H17ClN2O2/c1-15-10-4-3-7-16(13(10)17)11-8-9(14)5-6-12(11)18-2/h5-6,8,10,15H,3-4,7H2,1-2H3. The number of anilines is 1. The molecule has 2 rings (SSSR count). The molecule has 18 heavy (non-hydrogen) atoms. The molecule has 1 aromatic rings. The third kappa shape index (κ3) is 2.44. The van der Waals surface area contributed by atoms with Gasteiger partial charge in [0.2, 0.25) is 5.91 Å². The fourth-order valence-corrected chi connectivity index (χ4v) is 2.42. The molecule has 1 heterocycles. The molecule has 0 saturated carbocycles. The molecule has 0 aliphatic carbocycles. The van der Waals surface area contributed by atoms with E-state index in [4.69, 9.17) is 16.3 Å². The van der Waals surface area contributed by atoms with Gasteiger partial charge in [-0.25, -0.2) is 0 Å². The summed E-state index contributed by atoms with van der Waals surface area (Å²) in [4.78, 5) is 14.0. The van der Waals surface area contributed by atoms with E-state index in [2.05, 4.69) is 5.32 Å². The van der Waals surface area contributed by atoms with Crippen LogP contribution in [0.1, 0.15) is 12.8 Å². The summed E-state index contributed by atoms with van der Waals surface area (Å²) in [7, 11) is 3.40. The van der Waals surface area contributed by atoms with Crippen LogP contribution in [0.25, 0.3) is 0 Å². The number of nitrogens with one attached hydrogen (secondary N) is 1. The normalized spacial score (nSPS) is 20.1. The molecule has 1 atom stereocenters. The van der Waals surface area contributed by atoms with Crippen molar-refractivity contribution in [2.45, 2.75) is 18.9 Å². The number of hydrogen-bond acceptors (Lipinski definition) is 3. The first-order valence-electron chi connectivity index (χ1n) is 5.99. The van der Waals surface area contributed by atoms with Crippen LogP contribution in [0.3, 0.4) is 0 Å². The minimum atomic E-state index is -0.123. The average molecular weight is 269 g/mol. The largest absolute Gasteiger partial charge is 0.495 e. The molecular weight excluding hydrogens is 252 g/mol. The third-order valence-electron chi connectivity index (χ3n) is 3.22. The van der Waals surface area contributed by atoms with Gasteiger partial charge in [-0.1, -0.05) is 11.6 Å². The second-order valence-corrected chi connectivity index (χ2v) is 4.73. The van der Waals surface area contributed by atoms with E-state index in [9.17, 15) is 4.79 Å². The number of amides is 1. The molecule has 4 nitrogen and oxygen atoms in total. The van der Waals surface area contributed by atoms with Gasteiger partial charge in [-0.15, -0.1) is 0 Å². The lowest BCUT2D eigenvalue weighted by atomic mass is 10.0. The second kappa shape index (κ2) is 5.59. The van der Waals surface area contributed by atoms with E-state index in [1.165, 1.54) is 0 Å². The Morgan fingerprint density at radius 2 is 2.28 bits per heavy atom. The van der Waals surface area contributed by atoms with Crippen molar-refractivity contribution in [2.75, 3.05) is 25.6 Å². The quantitative estimate of drug-likeness (QED) is 0.912. The van der Waals surface area contributed by atoms with Crippen LogP contribution in [0, 0.1) is 0 Å². The Balaban J connectivity index is 2.35. The van der Waals surface area contributed by atoms with E-state index in [1.54, 1.807) is 37.3 Å². The van der Waals surface area contributed by atoms with Gasteiger partial charge in [-0.2, -0.15) is 0 Å². The van der Waals surface area contributed by atoms with Crippen molar-refractivity contribution in [3.8, 4) is 5.75 Å².